The van der Waals surface area contributed by atoms with E-state index in [0.29, 0.717) is 37.3 Å². The molecule has 27 heavy (non-hydrogen) atoms. The van der Waals surface area contributed by atoms with Crippen LogP contribution < -0.4 is 5.43 Å². The molecule has 3 aromatic rings. The van der Waals surface area contributed by atoms with Crippen molar-refractivity contribution in [2.75, 3.05) is 26.3 Å². The zero-order chi connectivity index (χ0) is 18.8. The van der Waals surface area contributed by atoms with Crippen LogP contribution in [-0.2, 0) is 16.1 Å². The third-order valence-electron chi connectivity index (χ3n) is 5.07. The minimum Gasteiger partial charge on any atom is -0.378 e. The number of hydrogen-bond acceptors (Lipinski definition) is 3. The fourth-order valence-corrected chi connectivity index (χ4v) is 3.62. The van der Waals surface area contributed by atoms with Crippen LogP contribution in [0.2, 0.25) is 0 Å². The number of carbonyl (C=O) groups is 1. The average molecular weight is 362 g/mol. The van der Waals surface area contributed by atoms with Crippen molar-refractivity contribution in [1.82, 2.24) is 9.47 Å². The lowest BCUT2D eigenvalue weighted by Crippen LogP contribution is -2.42. The quantitative estimate of drug-likeness (QED) is 0.720. The van der Waals surface area contributed by atoms with Gasteiger partial charge < -0.3 is 14.2 Å². The molecule has 1 aromatic heterocycles. The third kappa shape index (κ3) is 3.38. The number of benzene rings is 2. The molecule has 0 atom stereocenters. The molecule has 5 nitrogen and oxygen atoms in total. The van der Waals surface area contributed by atoms with Gasteiger partial charge in [-0.3, -0.25) is 9.59 Å². The maximum Gasteiger partial charge on any atom is 0.242 e. The van der Waals surface area contributed by atoms with E-state index in [0.717, 1.165) is 16.6 Å². The standard InChI is InChI=1S/C22H22N2O3/c1-16-6-5-9-19-21(16)22(26)18(17-7-3-2-4-8-17)14-24(19)15-20(25)23-10-12-27-13-11-23/h2-9,14H,10-13,15H2,1H3. The van der Waals surface area contributed by atoms with Gasteiger partial charge in [0.1, 0.15) is 6.54 Å². The zero-order valence-electron chi connectivity index (χ0n) is 15.4. The first kappa shape index (κ1) is 17.5. The first-order valence-electron chi connectivity index (χ1n) is 9.19. The Balaban J connectivity index is 1.84. The highest BCUT2D eigenvalue weighted by molar-refractivity contribution is 5.88. The smallest absolute Gasteiger partial charge is 0.242 e. The van der Waals surface area contributed by atoms with Crippen molar-refractivity contribution in [1.29, 1.82) is 0 Å². The van der Waals surface area contributed by atoms with Crippen molar-refractivity contribution < 1.29 is 9.53 Å². The summed E-state index contributed by atoms with van der Waals surface area (Å²) in [5.74, 6) is 0.0452. The monoisotopic (exact) mass is 362 g/mol. The van der Waals surface area contributed by atoms with Gasteiger partial charge in [0.2, 0.25) is 5.91 Å². The summed E-state index contributed by atoms with van der Waals surface area (Å²) < 4.78 is 7.24. The molecule has 0 bridgehead atoms. The molecule has 5 heteroatoms. The summed E-state index contributed by atoms with van der Waals surface area (Å²) in [6.45, 7) is 4.52. The number of ether oxygens (including phenoxy) is 1. The molecule has 4 rings (SSSR count). The molecule has 2 aromatic carbocycles. The second kappa shape index (κ2) is 7.37. The highest BCUT2D eigenvalue weighted by atomic mass is 16.5. The van der Waals surface area contributed by atoms with E-state index in [1.807, 2.05) is 71.1 Å². The minimum atomic E-state index is 0.00405. The van der Waals surface area contributed by atoms with Crippen molar-refractivity contribution in [2.24, 2.45) is 0 Å². The fraction of sp³-hybridized carbons (Fsp3) is 0.273. The van der Waals surface area contributed by atoms with Gasteiger partial charge in [-0.05, 0) is 24.1 Å². The maximum absolute atomic E-state index is 13.2. The minimum absolute atomic E-state index is 0.00405. The number of rotatable bonds is 3. The summed E-state index contributed by atoms with van der Waals surface area (Å²) in [7, 11) is 0. The van der Waals surface area contributed by atoms with Crippen molar-refractivity contribution in [2.45, 2.75) is 13.5 Å². The molecule has 2 heterocycles. The lowest BCUT2D eigenvalue weighted by molar-refractivity contribution is -0.135. The second-order valence-electron chi connectivity index (χ2n) is 6.83. The first-order valence-corrected chi connectivity index (χ1v) is 9.19. The molecule has 0 radical (unpaired) electrons. The van der Waals surface area contributed by atoms with Crippen LogP contribution in [0.1, 0.15) is 5.56 Å². The van der Waals surface area contributed by atoms with E-state index in [-0.39, 0.29) is 17.9 Å². The van der Waals surface area contributed by atoms with Crippen molar-refractivity contribution in [3.8, 4) is 11.1 Å². The normalized spacial score (nSPS) is 14.5. The van der Waals surface area contributed by atoms with Crippen LogP contribution in [0, 0.1) is 6.92 Å². The molecule has 0 saturated carbocycles. The molecule has 1 aliphatic rings. The lowest BCUT2D eigenvalue weighted by atomic mass is 10.0. The number of nitrogens with zero attached hydrogens (tertiary/aromatic N) is 2. The highest BCUT2D eigenvalue weighted by Crippen LogP contribution is 2.22. The molecule has 0 N–H and O–H groups in total. The van der Waals surface area contributed by atoms with Crippen LogP contribution in [0.4, 0.5) is 0 Å². The second-order valence-corrected chi connectivity index (χ2v) is 6.83. The molecular formula is C22H22N2O3. The first-order chi connectivity index (χ1) is 13.1. The van der Waals surface area contributed by atoms with E-state index >= 15 is 0 Å². The number of aromatic nitrogens is 1. The summed E-state index contributed by atoms with van der Waals surface area (Å²) in [5, 5.41) is 0.675. The Hall–Kier alpha value is -2.92. The van der Waals surface area contributed by atoms with Gasteiger partial charge in [0.15, 0.2) is 5.43 Å². The van der Waals surface area contributed by atoms with Gasteiger partial charge in [-0.15, -0.1) is 0 Å². The van der Waals surface area contributed by atoms with Crippen LogP contribution in [0.5, 0.6) is 0 Å². The Morgan fingerprint density at radius 1 is 1.04 bits per heavy atom. The predicted octanol–water partition coefficient (Wildman–Crippen LogP) is 2.84. The molecular weight excluding hydrogens is 340 g/mol. The summed E-state index contributed by atoms with van der Waals surface area (Å²) in [5.41, 5.74) is 3.20. The number of carbonyl (C=O) groups excluding carboxylic acids is 1. The van der Waals surface area contributed by atoms with E-state index in [1.54, 1.807) is 0 Å². The van der Waals surface area contributed by atoms with Gasteiger partial charge in [-0.2, -0.15) is 0 Å². The average Bonchev–Trinajstić information content (AvgIpc) is 2.71. The van der Waals surface area contributed by atoms with Crippen molar-refractivity contribution >= 4 is 16.8 Å². The molecule has 1 fully saturated rings. The van der Waals surface area contributed by atoms with E-state index in [2.05, 4.69) is 0 Å². The summed E-state index contributed by atoms with van der Waals surface area (Å²) in [6.07, 6.45) is 1.82. The van der Waals surface area contributed by atoms with Gasteiger partial charge in [0, 0.05) is 30.2 Å². The largest absolute Gasteiger partial charge is 0.378 e. The molecule has 0 unspecified atom stereocenters. The Morgan fingerprint density at radius 2 is 1.78 bits per heavy atom. The van der Waals surface area contributed by atoms with E-state index in [9.17, 15) is 9.59 Å². The van der Waals surface area contributed by atoms with Crippen molar-refractivity contribution in [3.63, 3.8) is 0 Å². The van der Waals surface area contributed by atoms with Gasteiger partial charge in [-0.25, -0.2) is 0 Å². The fourth-order valence-electron chi connectivity index (χ4n) is 3.62. The Kier molecular flexibility index (Phi) is 4.77. The summed E-state index contributed by atoms with van der Waals surface area (Å²) in [6, 6.07) is 15.4. The van der Waals surface area contributed by atoms with Gasteiger partial charge in [0.25, 0.3) is 0 Å². The summed E-state index contributed by atoms with van der Waals surface area (Å²) in [4.78, 5) is 27.8. The Labute approximate surface area is 157 Å². The lowest BCUT2D eigenvalue weighted by Gasteiger charge is -2.27. The molecule has 1 amide bonds. The van der Waals surface area contributed by atoms with Crippen LogP contribution in [0.25, 0.3) is 22.0 Å². The maximum atomic E-state index is 13.2. The highest BCUT2D eigenvalue weighted by Gasteiger charge is 2.19. The topological polar surface area (TPSA) is 51.5 Å². The number of amides is 1. The Morgan fingerprint density at radius 3 is 2.52 bits per heavy atom. The van der Waals surface area contributed by atoms with Gasteiger partial charge in [0.05, 0.1) is 18.7 Å². The van der Waals surface area contributed by atoms with Crippen molar-refractivity contribution in [3.05, 3.63) is 70.5 Å². The van der Waals surface area contributed by atoms with E-state index in [4.69, 9.17) is 4.74 Å². The van der Waals surface area contributed by atoms with Crippen LogP contribution in [0.15, 0.2) is 59.5 Å². The number of hydrogen-bond donors (Lipinski definition) is 0. The van der Waals surface area contributed by atoms with Crippen LogP contribution >= 0.6 is 0 Å². The van der Waals surface area contributed by atoms with Gasteiger partial charge >= 0.3 is 0 Å². The van der Waals surface area contributed by atoms with Gasteiger partial charge in [-0.1, -0.05) is 42.5 Å². The molecule has 0 spiro atoms. The Bertz CT molecular complexity index is 1030. The molecule has 138 valence electrons. The zero-order valence-corrected chi connectivity index (χ0v) is 15.4. The predicted molar refractivity (Wildman–Crippen MR) is 106 cm³/mol. The number of pyridine rings is 1. The number of morpholine rings is 1. The van der Waals surface area contributed by atoms with Crippen LogP contribution in [-0.4, -0.2) is 41.7 Å². The van der Waals surface area contributed by atoms with E-state index < -0.39 is 0 Å². The van der Waals surface area contributed by atoms with E-state index in [1.165, 1.54) is 0 Å². The number of aryl methyl sites for hydroxylation is 1. The summed E-state index contributed by atoms with van der Waals surface area (Å²) >= 11 is 0. The molecule has 1 saturated heterocycles. The molecule has 1 aliphatic heterocycles. The molecule has 0 aliphatic carbocycles. The van der Waals surface area contributed by atoms with Crippen LogP contribution in [0.3, 0.4) is 0 Å². The third-order valence-corrected chi connectivity index (χ3v) is 5.07. The SMILES string of the molecule is Cc1cccc2c1c(=O)c(-c1ccccc1)cn2CC(=O)N1CCOCC1. The number of fused-ring (bicyclic) bond motifs is 1.